The van der Waals surface area contributed by atoms with Gasteiger partial charge in [-0.3, -0.25) is 9.59 Å². The van der Waals surface area contributed by atoms with E-state index in [2.05, 4.69) is 19.2 Å². The molecular weight excluding hydrogens is 336 g/mol. The number of anilines is 1. The average Bonchev–Trinajstić information content (AvgIpc) is 2.99. The highest BCUT2D eigenvalue weighted by Gasteiger charge is 2.35. The Morgan fingerprint density at radius 3 is 2.80 bits per heavy atom. The molecule has 5 heteroatoms. The first-order valence-electron chi connectivity index (χ1n) is 9.30. The van der Waals surface area contributed by atoms with E-state index in [4.69, 9.17) is 11.6 Å². The van der Waals surface area contributed by atoms with E-state index in [1.165, 1.54) is 12.8 Å². The van der Waals surface area contributed by atoms with Gasteiger partial charge in [-0.2, -0.15) is 0 Å². The highest BCUT2D eigenvalue weighted by atomic mass is 35.5. The van der Waals surface area contributed by atoms with Gasteiger partial charge in [-0.15, -0.1) is 0 Å². The topological polar surface area (TPSA) is 49.4 Å². The van der Waals surface area contributed by atoms with Crippen LogP contribution in [0.2, 0.25) is 5.02 Å². The molecule has 1 aliphatic rings. The van der Waals surface area contributed by atoms with Crippen LogP contribution in [0.15, 0.2) is 18.2 Å². The zero-order valence-electron chi connectivity index (χ0n) is 15.5. The van der Waals surface area contributed by atoms with Crippen molar-refractivity contribution in [3.8, 4) is 0 Å². The summed E-state index contributed by atoms with van der Waals surface area (Å²) in [6, 6.07) is 5.59. The lowest BCUT2D eigenvalue weighted by atomic mass is 9.99. The minimum atomic E-state index is -0.281. The molecule has 0 spiro atoms. The quantitative estimate of drug-likeness (QED) is 0.746. The zero-order chi connectivity index (χ0) is 18.4. The highest BCUT2D eigenvalue weighted by Crippen LogP contribution is 2.29. The van der Waals surface area contributed by atoms with Crippen molar-refractivity contribution in [1.82, 2.24) is 5.32 Å². The van der Waals surface area contributed by atoms with E-state index >= 15 is 0 Å². The Bertz CT molecular complexity index is 618. The molecule has 0 saturated carbocycles. The molecule has 2 rings (SSSR count). The second-order valence-electron chi connectivity index (χ2n) is 7.00. The lowest BCUT2D eigenvalue weighted by Gasteiger charge is -2.19. The maximum atomic E-state index is 12.5. The fourth-order valence-electron chi connectivity index (χ4n) is 3.21. The van der Waals surface area contributed by atoms with Crippen molar-refractivity contribution in [1.29, 1.82) is 0 Å². The largest absolute Gasteiger partial charge is 0.356 e. The lowest BCUT2D eigenvalue weighted by Crippen LogP contribution is -2.35. The SMILES string of the molecule is CCCCC(CC)CNC(=O)C1CC(=O)N(c2ccc(C)c(Cl)c2)C1. The van der Waals surface area contributed by atoms with Crippen molar-refractivity contribution in [3.63, 3.8) is 0 Å². The minimum absolute atomic E-state index is 0.0102. The van der Waals surface area contributed by atoms with Crippen LogP contribution >= 0.6 is 11.6 Å². The number of halogens is 1. The maximum Gasteiger partial charge on any atom is 0.227 e. The standard InChI is InChI=1S/C20H29ClN2O2/c1-4-6-7-15(5-2)12-22-20(25)16-10-19(24)23(13-16)17-9-8-14(3)18(21)11-17/h8-9,11,15-16H,4-7,10,12-13H2,1-3H3,(H,22,25). The molecule has 138 valence electrons. The molecule has 0 aromatic heterocycles. The fourth-order valence-corrected chi connectivity index (χ4v) is 3.39. The van der Waals surface area contributed by atoms with Crippen molar-refractivity contribution in [2.45, 2.75) is 52.9 Å². The number of carbonyl (C=O) groups excluding carboxylic acids is 2. The molecule has 1 saturated heterocycles. The number of amides is 2. The van der Waals surface area contributed by atoms with Crippen LogP contribution in [-0.2, 0) is 9.59 Å². The van der Waals surface area contributed by atoms with Crippen LogP contribution in [0.25, 0.3) is 0 Å². The number of nitrogens with one attached hydrogen (secondary N) is 1. The van der Waals surface area contributed by atoms with Gasteiger partial charge in [-0.25, -0.2) is 0 Å². The summed E-state index contributed by atoms with van der Waals surface area (Å²) in [5.41, 5.74) is 1.74. The van der Waals surface area contributed by atoms with Crippen LogP contribution in [0, 0.1) is 18.8 Å². The van der Waals surface area contributed by atoms with Crippen molar-refractivity contribution >= 4 is 29.1 Å². The molecule has 2 atom stereocenters. The molecule has 1 aromatic carbocycles. The number of benzene rings is 1. The van der Waals surface area contributed by atoms with Crippen LogP contribution in [0.4, 0.5) is 5.69 Å². The molecule has 4 nitrogen and oxygen atoms in total. The third-order valence-corrected chi connectivity index (χ3v) is 5.48. The van der Waals surface area contributed by atoms with E-state index < -0.39 is 0 Å². The molecule has 1 N–H and O–H groups in total. The van der Waals surface area contributed by atoms with Crippen LogP contribution in [-0.4, -0.2) is 24.9 Å². The molecule has 0 aliphatic carbocycles. The Morgan fingerprint density at radius 1 is 1.40 bits per heavy atom. The summed E-state index contributed by atoms with van der Waals surface area (Å²) in [7, 11) is 0. The highest BCUT2D eigenvalue weighted by molar-refractivity contribution is 6.31. The van der Waals surface area contributed by atoms with Gasteiger partial charge in [0.05, 0.1) is 5.92 Å². The minimum Gasteiger partial charge on any atom is -0.356 e. The fraction of sp³-hybridized carbons (Fsp3) is 0.600. The van der Waals surface area contributed by atoms with Crippen molar-refractivity contribution in [3.05, 3.63) is 28.8 Å². The lowest BCUT2D eigenvalue weighted by molar-refractivity contribution is -0.126. The maximum absolute atomic E-state index is 12.5. The number of hydrogen-bond acceptors (Lipinski definition) is 2. The van der Waals surface area contributed by atoms with Crippen LogP contribution in [0.1, 0.15) is 51.5 Å². The van der Waals surface area contributed by atoms with Crippen molar-refractivity contribution in [2.75, 3.05) is 18.0 Å². The predicted octanol–water partition coefficient (Wildman–Crippen LogP) is 4.33. The Balaban J connectivity index is 1.92. The Morgan fingerprint density at radius 2 is 2.16 bits per heavy atom. The van der Waals surface area contributed by atoms with Crippen LogP contribution in [0.5, 0.6) is 0 Å². The Labute approximate surface area is 155 Å². The molecule has 1 fully saturated rings. The molecule has 1 aliphatic heterocycles. The molecule has 0 bridgehead atoms. The van der Waals surface area contributed by atoms with E-state index in [1.807, 2.05) is 19.1 Å². The number of hydrogen-bond donors (Lipinski definition) is 1. The first kappa shape index (κ1) is 19.8. The summed E-state index contributed by atoms with van der Waals surface area (Å²) in [4.78, 5) is 26.5. The number of rotatable bonds is 8. The number of nitrogens with zero attached hydrogens (tertiary/aromatic N) is 1. The molecule has 2 amide bonds. The van der Waals surface area contributed by atoms with Gasteiger partial charge in [0.25, 0.3) is 0 Å². The number of aryl methyl sites for hydroxylation is 1. The van der Waals surface area contributed by atoms with Crippen molar-refractivity contribution < 1.29 is 9.59 Å². The second-order valence-corrected chi connectivity index (χ2v) is 7.41. The summed E-state index contributed by atoms with van der Waals surface area (Å²) in [6.07, 6.45) is 4.85. The zero-order valence-corrected chi connectivity index (χ0v) is 16.2. The Hall–Kier alpha value is -1.55. The molecule has 2 unspecified atom stereocenters. The van der Waals surface area contributed by atoms with Crippen molar-refractivity contribution in [2.24, 2.45) is 11.8 Å². The van der Waals surface area contributed by atoms with E-state index in [0.29, 0.717) is 24.0 Å². The average molecular weight is 365 g/mol. The third kappa shape index (κ3) is 5.21. The first-order chi connectivity index (χ1) is 12.0. The monoisotopic (exact) mass is 364 g/mol. The molecule has 1 heterocycles. The number of unbranched alkanes of at least 4 members (excludes halogenated alkanes) is 1. The smallest absolute Gasteiger partial charge is 0.227 e. The molecule has 0 radical (unpaired) electrons. The molecular formula is C20H29ClN2O2. The summed E-state index contributed by atoms with van der Waals surface area (Å²) in [5, 5.41) is 3.69. The van der Waals surface area contributed by atoms with Crippen LogP contribution < -0.4 is 10.2 Å². The predicted molar refractivity (Wildman–Crippen MR) is 103 cm³/mol. The van der Waals surface area contributed by atoms with E-state index in [1.54, 1.807) is 11.0 Å². The summed E-state index contributed by atoms with van der Waals surface area (Å²) >= 11 is 6.16. The van der Waals surface area contributed by atoms with E-state index in [-0.39, 0.29) is 24.2 Å². The van der Waals surface area contributed by atoms with E-state index in [0.717, 1.165) is 24.1 Å². The first-order valence-corrected chi connectivity index (χ1v) is 9.68. The van der Waals surface area contributed by atoms with E-state index in [9.17, 15) is 9.59 Å². The third-order valence-electron chi connectivity index (χ3n) is 5.07. The van der Waals surface area contributed by atoms with Gasteiger partial charge in [0.1, 0.15) is 0 Å². The number of carbonyl (C=O) groups is 2. The van der Waals surface area contributed by atoms with Gasteiger partial charge in [-0.1, -0.05) is 50.8 Å². The van der Waals surface area contributed by atoms with Gasteiger partial charge >= 0.3 is 0 Å². The van der Waals surface area contributed by atoms with Crippen LogP contribution in [0.3, 0.4) is 0 Å². The summed E-state index contributed by atoms with van der Waals surface area (Å²) in [6.45, 7) is 7.40. The summed E-state index contributed by atoms with van der Waals surface area (Å²) in [5.74, 6) is 0.214. The Kier molecular flexibility index (Phi) is 7.30. The summed E-state index contributed by atoms with van der Waals surface area (Å²) < 4.78 is 0. The molecule has 25 heavy (non-hydrogen) atoms. The van der Waals surface area contributed by atoms with Gasteiger partial charge < -0.3 is 10.2 Å². The molecule has 1 aromatic rings. The van der Waals surface area contributed by atoms with Gasteiger partial charge in [-0.05, 0) is 37.0 Å². The van der Waals surface area contributed by atoms with Gasteiger partial charge in [0.15, 0.2) is 0 Å². The normalized spacial score (nSPS) is 18.5. The second kappa shape index (κ2) is 9.23. The van der Waals surface area contributed by atoms with Gasteiger partial charge in [0, 0.05) is 30.2 Å². The van der Waals surface area contributed by atoms with Gasteiger partial charge in [0.2, 0.25) is 11.8 Å².